The zero-order valence-corrected chi connectivity index (χ0v) is 36.3. The Labute approximate surface area is 332 Å². The van der Waals surface area contributed by atoms with Crippen molar-refractivity contribution in [3.05, 3.63) is 35.9 Å². The van der Waals surface area contributed by atoms with E-state index in [0.717, 1.165) is 47.6 Å². The van der Waals surface area contributed by atoms with Crippen molar-refractivity contribution in [1.82, 2.24) is 19.6 Å². The van der Waals surface area contributed by atoms with Crippen LogP contribution in [0.4, 0.5) is 0 Å². The zero-order valence-electron chi connectivity index (χ0n) is 36.3. The second-order valence-electron chi connectivity index (χ2n) is 17.3. The fraction of sp³-hybridized carbons (Fsp3) is 0.875. The molecule has 0 saturated carbocycles. The molecule has 0 amide bonds. The van der Waals surface area contributed by atoms with Crippen LogP contribution in [0.25, 0.3) is 0 Å². The summed E-state index contributed by atoms with van der Waals surface area (Å²) in [5.41, 5.74) is 1.41. The first kappa shape index (κ1) is 57.8. The van der Waals surface area contributed by atoms with Crippen LogP contribution in [0.1, 0.15) is 168 Å². The maximum atomic E-state index is 2.51. The summed E-state index contributed by atoms with van der Waals surface area (Å²) in [4.78, 5) is 9.86. The lowest BCUT2D eigenvalue weighted by molar-refractivity contribution is 0.144. The van der Waals surface area contributed by atoms with E-state index in [0.29, 0.717) is 5.92 Å². The lowest BCUT2D eigenvalue weighted by Crippen LogP contribution is -2.39. The second-order valence-corrected chi connectivity index (χ2v) is 17.3. The minimum atomic E-state index is 0. The summed E-state index contributed by atoms with van der Waals surface area (Å²) in [5, 5.41) is 0. The molecule has 5 rings (SSSR count). The smallest absolute Gasteiger partial charge is 0.0116 e. The number of hydrogen-bond donors (Lipinski definition) is 0. The lowest BCUT2D eigenvalue weighted by Gasteiger charge is -2.35. The first-order chi connectivity index (χ1) is 23.1. The number of piperidine rings is 2. The highest BCUT2D eigenvalue weighted by Gasteiger charge is 2.24. The molecule has 0 aliphatic carbocycles. The summed E-state index contributed by atoms with van der Waals surface area (Å²) in [7, 11) is 8.93. The molecule has 1 aromatic rings. The van der Waals surface area contributed by atoms with Gasteiger partial charge in [-0.15, -0.1) is 0 Å². The summed E-state index contributed by atoms with van der Waals surface area (Å²) in [6, 6.07) is 12.2. The minimum absolute atomic E-state index is 0. The molecule has 1 aromatic carbocycles. The zero-order chi connectivity index (χ0) is 37.5. The lowest BCUT2D eigenvalue weighted by atomic mass is 9.88. The van der Waals surface area contributed by atoms with Crippen LogP contribution in [-0.4, -0.2) is 99.1 Å². The number of rotatable bonds is 5. The highest BCUT2D eigenvalue weighted by molar-refractivity contribution is 5.17. The Balaban J connectivity index is -0.000000270. The monoisotopic (exact) mass is 735 g/mol. The summed E-state index contributed by atoms with van der Waals surface area (Å²) in [6.07, 6.45) is 11.3. The van der Waals surface area contributed by atoms with Crippen LogP contribution in [0, 0.1) is 35.5 Å². The van der Waals surface area contributed by atoms with Gasteiger partial charge in [0.05, 0.1) is 0 Å². The van der Waals surface area contributed by atoms with E-state index in [9.17, 15) is 0 Å². The summed E-state index contributed by atoms with van der Waals surface area (Å²) < 4.78 is 0. The average molecular weight is 735 g/mol. The molecule has 0 aromatic heterocycles. The normalized spacial score (nSPS) is 23.6. The molecule has 52 heavy (non-hydrogen) atoms. The van der Waals surface area contributed by atoms with Crippen molar-refractivity contribution in [3.63, 3.8) is 0 Å². The van der Waals surface area contributed by atoms with E-state index in [1.807, 2.05) is 19.9 Å². The standard InChI is InChI=1S/2C9H19N.C9H12.2C8H17N.C2H6.3CH4/c1-8(2)9-5-4-6-10(3)7-9;1-8(2)9-6-4-5-7-10(9)3;1-8(2)9-6-4-3-5-7-9;1-7(2)8-4-5-9(3)6-8;1-7(2)8-5-4-6-9(8)3;1-2;;;/h2*8-9H,4-7H2,1-3H3;3-8H,1-2H3;2*7-8H,4-6H2,1-3H3;1-2H3;3*1H4. The number of likely N-dealkylation sites (tertiary alicyclic amines) is 4. The molecule has 314 valence electrons. The fourth-order valence-corrected chi connectivity index (χ4v) is 7.82. The number of hydrogen-bond acceptors (Lipinski definition) is 4. The molecular weight excluding hydrogens is 633 g/mol. The van der Waals surface area contributed by atoms with Gasteiger partial charge in [0, 0.05) is 25.2 Å². The van der Waals surface area contributed by atoms with Crippen molar-refractivity contribution >= 4 is 0 Å². The van der Waals surface area contributed by atoms with Gasteiger partial charge in [0.15, 0.2) is 0 Å². The van der Waals surface area contributed by atoms with Gasteiger partial charge in [0.25, 0.3) is 0 Å². The van der Waals surface area contributed by atoms with Crippen LogP contribution in [0.2, 0.25) is 0 Å². The van der Waals surface area contributed by atoms with Crippen LogP contribution in [0.15, 0.2) is 30.3 Å². The molecule has 4 fully saturated rings. The van der Waals surface area contributed by atoms with Crippen molar-refractivity contribution in [3.8, 4) is 0 Å². The third-order valence-corrected chi connectivity index (χ3v) is 11.4. The second kappa shape index (κ2) is 33.4. The topological polar surface area (TPSA) is 13.0 Å². The largest absolute Gasteiger partial charge is 0.306 e. The summed E-state index contributed by atoms with van der Waals surface area (Å²) >= 11 is 0. The Bertz CT molecular complexity index is 866. The van der Waals surface area contributed by atoms with Crippen molar-refractivity contribution in [2.45, 2.75) is 175 Å². The van der Waals surface area contributed by atoms with E-state index in [4.69, 9.17) is 0 Å². The molecule has 0 bridgehead atoms. The molecule has 4 nitrogen and oxygen atoms in total. The molecule has 0 N–H and O–H groups in total. The van der Waals surface area contributed by atoms with Crippen molar-refractivity contribution < 1.29 is 0 Å². The van der Waals surface area contributed by atoms with Gasteiger partial charge in [-0.25, -0.2) is 0 Å². The van der Waals surface area contributed by atoms with Gasteiger partial charge in [-0.05, 0) is 146 Å². The molecule has 4 unspecified atom stereocenters. The van der Waals surface area contributed by atoms with Crippen molar-refractivity contribution in [1.29, 1.82) is 0 Å². The van der Waals surface area contributed by atoms with Crippen LogP contribution in [-0.2, 0) is 0 Å². The van der Waals surface area contributed by atoms with Gasteiger partial charge in [0.2, 0.25) is 0 Å². The molecule has 0 radical (unpaired) electrons. The van der Waals surface area contributed by atoms with E-state index in [2.05, 4.69) is 141 Å². The van der Waals surface area contributed by atoms with Gasteiger partial charge in [-0.1, -0.05) is 142 Å². The van der Waals surface area contributed by atoms with Crippen LogP contribution in [0.5, 0.6) is 0 Å². The maximum absolute atomic E-state index is 2.51. The Hall–Kier alpha value is -0.940. The molecule has 0 spiro atoms. The predicted octanol–water partition coefficient (Wildman–Crippen LogP) is 13.2. The molecule has 4 heteroatoms. The van der Waals surface area contributed by atoms with Gasteiger partial charge in [0.1, 0.15) is 0 Å². The van der Waals surface area contributed by atoms with E-state index >= 15 is 0 Å². The number of benzene rings is 1. The first-order valence-electron chi connectivity index (χ1n) is 21.0. The van der Waals surface area contributed by atoms with E-state index in [1.165, 1.54) is 96.2 Å². The molecule has 4 aliphatic heterocycles. The third kappa shape index (κ3) is 25.2. The highest BCUT2D eigenvalue weighted by Crippen LogP contribution is 2.24. The quantitative estimate of drug-likeness (QED) is 0.299. The predicted molar refractivity (Wildman–Crippen MR) is 243 cm³/mol. The Morgan fingerprint density at radius 3 is 1.13 bits per heavy atom. The Kier molecular flexibility index (Phi) is 37.1. The molecule has 4 saturated heterocycles. The van der Waals surface area contributed by atoms with Gasteiger partial charge in [-0.2, -0.15) is 0 Å². The summed E-state index contributed by atoms with van der Waals surface area (Å²) in [6.45, 7) is 34.9. The van der Waals surface area contributed by atoms with E-state index in [1.54, 1.807) is 0 Å². The van der Waals surface area contributed by atoms with E-state index < -0.39 is 0 Å². The highest BCUT2D eigenvalue weighted by atomic mass is 15.1. The van der Waals surface area contributed by atoms with Gasteiger partial charge in [-0.3, -0.25) is 0 Å². The van der Waals surface area contributed by atoms with Crippen LogP contribution < -0.4 is 0 Å². The summed E-state index contributed by atoms with van der Waals surface area (Å²) in [5.74, 6) is 6.03. The van der Waals surface area contributed by atoms with Crippen LogP contribution >= 0.6 is 0 Å². The molecule has 4 atom stereocenters. The third-order valence-electron chi connectivity index (χ3n) is 11.4. The van der Waals surface area contributed by atoms with Gasteiger partial charge >= 0.3 is 0 Å². The fourth-order valence-electron chi connectivity index (χ4n) is 7.82. The Morgan fingerprint density at radius 1 is 0.462 bits per heavy atom. The average Bonchev–Trinajstić information content (AvgIpc) is 3.72. The molecular formula is C48H102N4. The van der Waals surface area contributed by atoms with Crippen LogP contribution in [0.3, 0.4) is 0 Å². The molecule has 4 heterocycles. The maximum Gasteiger partial charge on any atom is 0.0116 e. The van der Waals surface area contributed by atoms with E-state index in [-0.39, 0.29) is 22.3 Å². The SMILES string of the molecule is C.C.C.CC.CC(C)C1CCCCN1C.CC(C)C1CCCN(C)C1.CC(C)C1CCCN1C.CC(C)C1CCN(C)C1.CC(C)c1ccccc1. The number of nitrogens with zero attached hydrogens (tertiary/aromatic N) is 4. The van der Waals surface area contributed by atoms with Crippen molar-refractivity contribution in [2.24, 2.45) is 35.5 Å². The molecule has 4 aliphatic rings. The first-order valence-corrected chi connectivity index (χ1v) is 21.0. The van der Waals surface area contributed by atoms with Crippen molar-refractivity contribution in [2.75, 3.05) is 67.5 Å². The Morgan fingerprint density at radius 2 is 0.865 bits per heavy atom. The minimum Gasteiger partial charge on any atom is -0.306 e. The van der Waals surface area contributed by atoms with Gasteiger partial charge < -0.3 is 19.6 Å².